The van der Waals surface area contributed by atoms with E-state index >= 15 is 0 Å². The topological polar surface area (TPSA) is 86.3 Å². The summed E-state index contributed by atoms with van der Waals surface area (Å²) in [6.07, 6.45) is -4.78. The average Bonchev–Trinajstić information content (AvgIpc) is 3.42. The lowest BCUT2D eigenvalue weighted by Gasteiger charge is -2.12. The number of aromatic nitrogens is 7. The molecule has 5 rings (SSSR count). The van der Waals surface area contributed by atoms with E-state index in [1.54, 1.807) is 28.8 Å². The second kappa shape index (κ2) is 9.22. The van der Waals surface area contributed by atoms with Gasteiger partial charge in [0, 0.05) is 22.5 Å². The molecule has 0 atom stereocenters. The normalized spacial score (nSPS) is 12.0. The molecule has 8 nitrogen and oxygen atoms in total. The molecular weight excluding hydrogens is 495 g/mol. The molecule has 0 aliphatic heterocycles. The number of benzene rings is 1. The third-order valence-corrected chi connectivity index (χ3v) is 5.70. The minimum absolute atomic E-state index is 0.0780. The number of fused-ring (bicyclic) bond motifs is 1. The number of aryl methyl sites for hydroxylation is 1. The molecule has 4 heterocycles. The summed E-state index contributed by atoms with van der Waals surface area (Å²) >= 11 is 0. The predicted molar refractivity (Wildman–Crippen MR) is 126 cm³/mol. The van der Waals surface area contributed by atoms with Crippen molar-refractivity contribution < 1.29 is 22.0 Å². The number of imidazole rings is 1. The van der Waals surface area contributed by atoms with Gasteiger partial charge in [-0.3, -0.25) is 9.25 Å². The van der Waals surface area contributed by atoms with Gasteiger partial charge in [0.25, 0.3) is 6.43 Å². The van der Waals surface area contributed by atoms with Crippen LogP contribution in [0.2, 0.25) is 0 Å². The Kier molecular flexibility index (Phi) is 6.05. The third-order valence-electron chi connectivity index (χ3n) is 5.70. The molecule has 37 heavy (non-hydrogen) atoms. The molecule has 1 N–H and O–H groups in total. The van der Waals surface area contributed by atoms with Crippen molar-refractivity contribution in [2.24, 2.45) is 0 Å². The fourth-order valence-corrected chi connectivity index (χ4v) is 3.88. The first kappa shape index (κ1) is 24.3. The van der Waals surface area contributed by atoms with E-state index in [0.29, 0.717) is 22.5 Å². The van der Waals surface area contributed by atoms with Crippen LogP contribution in [0.5, 0.6) is 0 Å². The number of anilines is 2. The summed E-state index contributed by atoms with van der Waals surface area (Å²) in [4.78, 5) is 8.79. The first-order chi connectivity index (χ1) is 17.6. The van der Waals surface area contributed by atoms with E-state index in [4.69, 9.17) is 0 Å². The van der Waals surface area contributed by atoms with Crippen molar-refractivity contribution in [3.05, 3.63) is 71.9 Å². The lowest BCUT2D eigenvalue weighted by molar-refractivity contribution is -0.142. The molecule has 0 spiro atoms. The molecule has 190 valence electrons. The zero-order chi connectivity index (χ0) is 26.3. The second-order valence-corrected chi connectivity index (χ2v) is 8.33. The van der Waals surface area contributed by atoms with E-state index in [2.05, 4.69) is 30.6 Å². The van der Waals surface area contributed by atoms with E-state index < -0.39 is 24.7 Å². The first-order valence-corrected chi connectivity index (χ1v) is 11.0. The van der Waals surface area contributed by atoms with Gasteiger partial charge in [0.2, 0.25) is 0 Å². The summed E-state index contributed by atoms with van der Waals surface area (Å²) in [5, 5.41) is 15.0. The van der Waals surface area contributed by atoms with Crippen LogP contribution in [-0.4, -0.2) is 40.7 Å². The number of pyridine rings is 1. The van der Waals surface area contributed by atoms with Crippen molar-refractivity contribution >= 4 is 22.5 Å². The van der Waals surface area contributed by atoms with Gasteiger partial charge in [-0.25, -0.2) is 18.7 Å². The van der Waals surface area contributed by atoms with E-state index in [9.17, 15) is 22.0 Å². The molecule has 0 aliphatic carbocycles. The van der Waals surface area contributed by atoms with Gasteiger partial charge in [-0.1, -0.05) is 0 Å². The van der Waals surface area contributed by atoms with Crippen molar-refractivity contribution in [1.29, 1.82) is 0 Å². The summed E-state index contributed by atoms with van der Waals surface area (Å²) < 4.78 is 68.6. The minimum atomic E-state index is -4.51. The molecule has 13 heteroatoms. The Bertz CT molecular complexity index is 1570. The molecule has 5 aromatic rings. The van der Waals surface area contributed by atoms with Crippen LogP contribution in [0.3, 0.4) is 0 Å². The molecule has 0 saturated carbocycles. The highest BCUT2D eigenvalue weighted by Gasteiger charge is 2.30. The maximum absolute atomic E-state index is 13.8. The number of nitrogens with zero attached hydrogens (tertiary/aromatic N) is 7. The Morgan fingerprint density at radius 1 is 1.00 bits per heavy atom. The maximum atomic E-state index is 13.8. The van der Waals surface area contributed by atoms with Crippen LogP contribution >= 0.6 is 0 Å². The van der Waals surface area contributed by atoms with Crippen LogP contribution in [0.1, 0.15) is 23.4 Å². The molecule has 0 amide bonds. The molecule has 0 fully saturated rings. The number of alkyl halides is 5. The Morgan fingerprint density at radius 2 is 1.81 bits per heavy atom. The van der Waals surface area contributed by atoms with Crippen LogP contribution < -0.4 is 5.32 Å². The molecular formula is C24H19F5N8. The fourth-order valence-electron chi connectivity index (χ4n) is 3.88. The Hall–Kier alpha value is -4.42. The maximum Gasteiger partial charge on any atom is 0.408 e. The monoisotopic (exact) mass is 514 g/mol. The Morgan fingerprint density at radius 3 is 2.51 bits per heavy atom. The standard InChI is InChI=1S/C24H19F5N8/c1-13-3-7-20(35-34-13)32-15-4-6-19-18(9-15)30-12-36(19)21-8-5-16(23(25)26)22(33-21)17-10-31-37(14(17)2)11-24(27,28)29/h3-10,12,23H,11H2,1-2H3,(H,32,35). The average molecular weight is 514 g/mol. The number of hydrogen-bond acceptors (Lipinski definition) is 6. The summed E-state index contributed by atoms with van der Waals surface area (Å²) in [6, 6.07) is 11.6. The van der Waals surface area contributed by atoms with Gasteiger partial charge in [0.15, 0.2) is 5.82 Å². The quantitative estimate of drug-likeness (QED) is 0.283. The van der Waals surface area contributed by atoms with Gasteiger partial charge >= 0.3 is 6.18 Å². The largest absolute Gasteiger partial charge is 0.408 e. The smallest absolute Gasteiger partial charge is 0.339 e. The SMILES string of the molecule is Cc1ccc(Nc2ccc3c(c2)ncn3-c2ccc(C(F)F)c(-c3cnn(CC(F)(F)F)c3C)n2)nn1. The molecule has 0 aliphatic rings. The highest BCUT2D eigenvalue weighted by Crippen LogP contribution is 2.34. The van der Waals surface area contributed by atoms with E-state index in [-0.39, 0.29) is 22.8 Å². The van der Waals surface area contributed by atoms with Crippen LogP contribution in [0, 0.1) is 13.8 Å². The molecule has 0 saturated heterocycles. The van der Waals surface area contributed by atoms with Crippen LogP contribution in [0.4, 0.5) is 33.5 Å². The van der Waals surface area contributed by atoms with Gasteiger partial charge in [-0.05, 0) is 56.3 Å². The van der Waals surface area contributed by atoms with Crippen LogP contribution in [0.25, 0.3) is 28.1 Å². The van der Waals surface area contributed by atoms with Crippen LogP contribution in [-0.2, 0) is 6.54 Å². The van der Waals surface area contributed by atoms with Crippen molar-refractivity contribution in [1.82, 2.24) is 34.5 Å². The van der Waals surface area contributed by atoms with Gasteiger partial charge < -0.3 is 5.32 Å². The highest BCUT2D eigenvalue weighted by molar-refractivity contribution is 5.82. The van der Waals surface area contributed by atoms with E-state index in [0.717, 1.165) is 16.6 Å². The molecule has 0 unspecified atom stereocenters. The van der Waals surface area contributed by atoms with E-state index in [1.807, 2.05) is 13.0 Å². The zero-order valence-electron chi connectivity index (χ0n) is 19.5. The molecule has 0 bridgehead atoms. The van der Waals surface area contributed by atoms with Crippen molar-refractivity contribution in [2.75, 3.05) is 5.32 Å². The summed E-state index contributed by atoms with van der Waals surface area (Å²) in [5.74, 6) is 0.828. The number of hydrogen-bond donors (Lipinski definition) is 1. The minimum Gasteiger partial charge on any atom is -0.339 e. The lowest BCUT2D eigenvalue weighted by atomic mass is 10.1. The first-order valence-electron chi connectivity index (χ1n) is 11.0. The Balaban J connectivity index is 1.52. The van der Waals surface area contributed by atoms with Crippen molar-refractivity contribution in [2.45, 2.75) is 33.0 Å². The summed E-state index contributed by atoms with van der Waals surface area (Å²) in [6.45, 7) is 1.88. The second-order valence-electron chi connectivity index (χ2n) is 8.33. The molecule has 4 aromatic heterocycles. The third kappa shape index (κ3) is 4.97. The van der Waals surface area contributed by atoms with Crippen LogP contribution in [0.15, 0.2) is 55.0 Å². The predicted octanol–water partition coefficient (Wildman–Crippen LogP) is 5.93. The lowest BCUT2D eigenvalue weighted by Crippen LogP contribution is -2.19. The van der Waals surface area contributed by atoms with Gasteiger partial charge in [0.1, 0.15) is 18.7 Å². The fraction of sp³-hybridized carbons (Fsp3) is 0.208. The highest BCUT2D eigenvalue weighted by atomic mass is 19.4. The van der Waals surface area contributed by atoms with Crippen molar-refractivity contribution in [3.63, 3.8) is 0 Å². The van der Waals surface area contributed by atoms with Crippen molar-refractivity contribution in [3.8, 4) is 17.1 Å². The molecule has 0 radical (unpaired) electrons. The summed E-state index contributed by atoms with van der Waals surface area (Å²) in [7, 11) is 0. The number of nitrogens with one attached hydrogen (secondary N) is 1. The number of halogens is 5. The Labute approximate surface area is 206 Å². The summed E-state index contributed by atoms with van der Waals surface area (Å²) in [5.41, 5.74) is 2.36. The van der Waals surface area contributed by atoms with Gasteiger partial charge in [0.05, 0.1) is 28.6 Å². The van der Waals surface area contributed by atoms with Gasteiger partial charge in [-0.2, -0.15) is 23.4 Å². The molecule has 1 aromatic carbocycles. The zero-order valence-corrected chi connectivity index (χ0v) is 19.5. The van der Waals surface area contributed by atoms with Gasteiger partial charge in [-0.15, -0.1) is 5.10 Å². The van der Waals surface area contributed by atoms with E-state index in [1.165, 1.54) is 25.4 Å². The number of rotatable bonds is 6.